The van der Waals surface area contributed by atoms with Gasteiger partial charge < -0.3 is 25.1 Å². The van der Waals surface area contributed by atoms with Gasteiger partial charge in [0.15, 0.2) is 0 Å². The lowest BCUT2D eigenvalue weighted by Gasteiger charge is -2.19. The molecule has 10 nitrogen and oxygen atoms in total. The molecule has 0 spiro atoms. The first-order valence-electron chi connectivity index (χ1n) is 14.2. The number of aromatic nitrogens is 4. The second-order valence-electron chi connectivity index (χ2n) is 10.7. The molecule has 3 heterocycles. The van der Waals surface area contributed by atoms with E-state index in [0.717, 1.165) is 16.5 Å². The van der Waals surface area contributed by atoms with Gasteiger partial charge >= 0.3 is 0 Å². The van der Waals surface area contributed by atoms with Gasteiger partial charge in [-0.25, -0.2) is 14.4 Å². The molecular formula is C33H34FN7O3. The number of carbonyl (C=O) groups excluding carboxylic acids is 2. The number of nitrogens with one attached hydrogen (secondary N) is 3. The van der Waals surface area contributed by atoms with Crippen LogP contribution in [-0.4, -0.2) is 51.1 Å². The zero-order valence-corrected chi connectivity index (χ0v) is 25.4. The normalized spacial score (nSPS) is 11.9. The zero-order chi connectivity index (χ0) is 31.7. The van der Waals surface area contributed by atoms with Gasteiger partial charge in [0.25, 0.3) is 11.5 Å². The van der Waals surface area contributed by atoms with E-state index in [1.54, 1.807) is 64.3 Å². The Bertz CT molecular complexity index is 1980. The Morgan fingerprint density at radius 2 is 1.77 bits per heavy atom. The van der Waals surface area contributed by atoms with Gasteiger partial charge in [0.1, 0.15) is 23.1 Å². The summed E-state index contributed by atoms with van der Waals surface area (Å²) in [5.74, 6) is 0.133. The van der Waals surface area contributed by atoms with Crippen LogP contribution in [0.2, 0.25) is 0 Å². The van der Waals surface area contributed by atoms with Crippen LogP contribution in [0.1, 0.15) is 39.9 Å². The van der Waals surface area contributed by atoms with E-state index < -0.39 is 11.6 Å². The first-order valence-corrected chi connectivity index (χ1v) is 14.2. The van der Waals surface area contributed by atoms with Gasteiger partial charge in [0.05, 0.1) is 29.5 Å². The largest absolute Gasteiger partial charge is 0.355 e. The molecule has 0 aliphatic carbocycles. The Kier molecular flexibility index (Phi) is 8.41. The van der Waals surface area contributed by atoms with Crippen molar-refractivity contribution in [1.29, 1.82) is 0 Å². The number of rotatable bonds is 8. The lowest BCUT2D eigenvalue weighted by molar-refractivity contribution is -0.117. The van der Waals surface area contributed by atoms with Crippen molar-refractivity contribution in [2.75, 3.05) is 19.4 Å². The summed E-state index contributed by atoms with van der Waals surface area (Å²) in [6, 6.07) is 14.5. The number of fused-ring (bicyclic) bond motifs is 1. The Hall–Kier alpha value is -5.16. The summed E-state index contributed by atoms with van der Waals surface area (Å²) in [5.41, 5.74) is 4.32. The number of hydrogen-bond donors (Lipinski definition) is 3. The fourth-order valence-corrected chi connectivity index (χ4v) is 5.27. The fraction of sp³-hybridized carbons (Fsp3) is 0.242. The van der Waals surface area contributed by atoms with E-state index in [1.165, 1.54) is 16.7 Å². The highest BCUT2D eigenvalue weighted by atomic mass is 19.1. The molecule has 3 aromatic heterocycles. The minimum atomic E-state index is -0.519. The molecule has 5 aromatic rings. The number of likely N-dealkylation sites (N-methyl/N-ethyl adjacent to an activating group) is 1. The minimum absolute atomic E-state index is 0.0479. The SMILES string of the molecule is CNC(=O)c1cccc(-c2ccc(NC(=O)[C@H](C)NC)c(=O)n2Cc2cc(-n3cc(C)c4cc(F)ccc43)nc(C)n2)c1C. The third-order valence-electron chi connectivity index (χ3n) is 7.75. The summed E-state index contributed by atoms with van der Waals surface area (Å²) in [7, 11) is 3.23. The third-order valence-corrected chi connectivity index (χ3v) is 7.75. The van der Waals surface area contributed by atoms with Crippen LogP contribution in [0.15, 0.2) is 65.6 Å². The van der Waals surface area contributed by atoms with Crippen molar-refractivity contribution in [3.63, 3.8) is 0 Å². The number of hydrogen-bond acceptors (Lipinski definition) is 6. The predicted octanol–water partition coefficient (Wildman–Crippen LogP) is 4.27. The van der Waals surface area contributed by atoms with Crippen molar-refractivity contribution < 1.29 is 14.0 Å². The molecule has 0 aliphatic rings. The lowest BCUT2D eigenvalue weighted by atomic mass is 9.98. The first-order chi connectivity index (χ1) is 21.0. The molecule has 0 bridgehead atoms. The maximum Gasteiger partial charge on any atom is 0.275 e. The van der Waals surface area contributed by atoms with Crippen LogP contribution in [0.4, 0.5) is 10.1 Å². The molecule has 11 heteroatoms. The highest BCUT2D eigenvalue weighted by Crippen LogP contribution is 2.28. The molecular weight excluding hydrogens is 561 g/mol. The highest BCUT2D eigenvalue weighted by Gasteiger charge is 2.20. The summed E-state index contributed by atoms with van der Waals surface area (Å²) in [4.78, 5) is 48.6. The predicted molar refractivity (Wildman–Crippen MR) is 169 cm³/mol. The summed E-state index contributed by atoms with van der Waals surface area (Å²) < 4.78 is 17.4. The van der Waals surface area contributed by atoms with E-state index in [2.05, 4.69) is 25.9 Å². The number of halogens is 1. The van der Waals surface area contributed by atoms with E-state index in [9.17, 15) is 18.8 Å². The van der Waals surface area contributed by atoms with Crippen molar-refractivity contribution in [3.8, 4) is 17.1 Å². The van der Waals surface area contributed by atoms with Gasteiger partial charge in [0.2, 0.25) is 5.91 Å². The molecule has 1 atom stereocenters. The Morgan fingerprint density at radius 3 is 2.50 bits per heavy atom. The van der Waals surface area contributed by atoms with Crippen LogP contribution in [0.3, 0.4) is 0 Å². The van der Waals surface area contributed by atoms with Crippen LogP contribution in [-0.2, 0) is 11.3 Å². The van der Waals surface area contributed by atoms with E-state index >= 15 is 0 Å². The van der Waals surface area contributed by atoms with Gasteiger partial charge in [-0.15, -0.1) is 0 Å². The maximum atomic E-state index is 14.0. The fourth-order valence-electron chi connectivity index (χ4n) is 5.27. The second kappa shape index (κ2) is 12.2. The Balaban J connectivity index is 1.66. The van der Waals surface area contributed by atoms with Crippen molar-refractivity contribution in [1.82, 2.24) is 29.7 Å². The maximum absolute atomic E-state index is 14.0. The summed E-state index contributed by atoms with van der Waals surface area (Å²) in [6.45, 7) is 7.24. The van der Waals surface area contributed by atoms with Crippen LogP contribution >= 0.6 is 0 Å². The van der Waals surface area contributed by atoms with Crippen LogP contribution in [0.5, 0.6) is 0 Å². The summed E-state index contributed by atoms with van der Waals surface area (Å²) >= 11 is 0. The van der Waals surface area contributed by atoms with Crippen molar-refractivity contribution in [3.05, 3.63) is 105 Å². The number of aryl methyl sites for hydroxylation is 2. The van der Waals surface area contributed by atoms with E-state index in [0.29, 0.717) is 39.7 Å². The highest BCUT2D eigenvalue weighted by molar-refractivity contribution is 5.97. The standard InChI is InChI=1S/C33H34FN7O3/c1-18-16-40(29-12-10-22(34)14-26(18)29)30-15-23(37-21(4)38-30)17-41-28(24-8-7-9-25(19(24)2)32(43)36-6)13-11-27(33(41)44)39-31(42)20(3)35-5/h7-16,20,35H,17H2,1-6H3,(H,36,43)(H,39,42)/t20-/m0/s1. The molecule has 0 saturated heterocycles. The molecule has 0 radical (unpaired) electrons. The monoisotopic (exact) mass is 595 g/mol. The number of nitrogens with zero attached hydrogens (tertiary/aromatic N) is 4. The Morgan fingerprint density at radius 1 is 1.00 bits per heavy atom. The summed E-state index contributed by atoms with van der Waals surface area (Å²) in [6.07, 6.45) is 1.89. The number of amides is 2. The lowest BCUT2D eigenvalue weighted by Crippen LogP contribution is -2.37. The second-order valence-corrected chi connectivity index (χ2v) is 10.7. The zero-order valence-electron chi connectivity index (χ0n) is 25.4. The van der Waals surface area contributed by atoms with E-state index in [4.69, 9.17) is 0 Å². The van der Waals surface area contributed by atoms with E-state index in [1.807, 2.05) is 30.7 Å². The minimum Gasteiger partial charge on any atom is -0.355 e. The average molecular weight is 596 g/mol. The summed E-state index contributed by atoms with van der Waals surface area (Å²) in [5, 5.41) is 9.03. The molecule has 0 aliphatic heterocycles. The Labute approximate surface area is 254 Å². The van der Waals surface area contributed by atoms with Crippen molar-refractivity contribution in [2.24, 2.45) is 0 Å². The molecule has 226 valence electrons. The third kappa shape index (κ3) is 5.73. The topological polar surface area (TPSA) is 123 Å². The smallest absolute Gasteiger partial charge is 0.275 e. The van der Waals surface area contributed by atoms with Crippen molar-refractivity contribution >= 4 is 28.4 Å². The van der Waals surface area contributed by atoms with Crippen LogP contribution in [0, 0.1) is 26.6 Å². The van der Waals surface area contributed by atoms with Gasteiger partial charge in [-0.3, -0.25) is 14.4 Å². The quantitative estimate of drug-likeness (QED) is 0.246. The van der Waals surface area contributed by atoms with Gasteiger partial charge in [0, 0.05) is 35.8 Å². The molecule has 3 N–H and O–H groups in total. The first kappa shape index (κ1) is 30.3. The molecule has 2 aromatic carbocycles. The van der Waals surface area contributed by atoms with Crippen LogP contribution < -0.4 is 21.5 Å². The molecule has 0 unspecified atom stereocenters. The van der Waals surface area contributed by atoms with Gasteiger partial charge in [-0.05, 0) is 82.3 Å². The number of pyridine rings is 1. The molecule has 2 amide bonds. The van der Waals surface area contributed by atoms with Gasteiger partial charge in [-0.2, -0.15) is 0 Å². The number of benzene rings is 2. The average Bonchev–Trinajstić information content (AvgIpc) is 3.33. The molecule has 5 rings (SSSR count). The van der Waals surface area contributed by atoms with Gasteiger partial charge in [-0.1, -0.05) is 12.1 Å². The molecule has 44 heavy (non-hydrogen) atoms. The molecule has 0 fully saturated rings. The number of carbonyl (C=O) groups is 2. The van der Waals surface area contributed by atoms with Crippen LogP contribution in [0.25, 0.3) is 28.0 Å². The molecule has 0 saturated carbocycles. The number of anilines is 1. The van der Waals surface area contributed by atoms with Crippen molar-refractivity contribution in [2.45, 2.75) is 40.3 Å². The van der Waals surface area contributed by atoms with E-state index in [-0.39, 0.29) is 29.9 Å².